The number of aromatic nitrogens is 2. The molecular weight excluding hydrogens is 240 g/mol. The van der Waals surface area contributed by atoms with E-state index in [-0.39, 0.29) is 5.03 Å². The summed E-state index contributed by atoms with van der Waals surface area (Å²) in [4.78, 5) is 0. The van der Waals surface area contributed by atoms with Crippen molar-refractivity contribution in [3.8, 4) is 0 Å². The molecule has 1 aromatic heterocycles. The monoisotopic (exact) mass is 256 g/mol. The molecule has 94 valence electrons. The number of aryl methyl sites for hydroxylation is 1. The average molecular weight is 256 g/mol. The van der Waals surface area contributed by atoms with Gasteiger partial charge in [-0.05, 0) is 31.0 Å². The molecule has 2 atom stereocenters. The molecule has 0 aromatic carbocycles. The maximum absolute atomic E-state index is 12.4. The Hall–Kier alpha value is -0.920. The maximum atomic E-state index is 12.4. The Morgan fingerprint density at radius 3 is 2.53 bits per heavy atom. The summed E-state index contributed by atoms with van der Waals surface area (Å²) in [6.07, 6.45) is 1.52. The van der Waals surface area contributed by atoms with Crippen molar-refractivity contribution in [2.75, 3.05) is 26.2 Å². The molecule has 3 heterocycles. The van der Waals surface area contributed by atoms with Crippen LogP contribution >= 0.6 is 0 Å². The van der Waals surface area contributed by atoms with E-state index in [0.717, 1.165) is 13.1 Å². The summed E-state index contributed by atoms with van der Waals surface area (Å²) in [6, 6.07) is 1.56. The van der Waals surface area contributed by atoms with E-state index in [4.69, 9.17) is 0 Å². The summed E-state index contributed by atoms with van der Waals surface area (Å²) in [5.74, 6) is 0.941. The highest BCUT2D eigenvalue weighted by Crippen LogP contribution is 2.30. The van der Waals surface area contributed by atoms with Crippen LogP contribution in [0.1, 0.15) is 0 Å². The highest BCUT2D eigenvalue weighted by Gasteiger charge is 2.42. The van der Waals surface area contributed by atoms with Crippen LogP contribution in [0, 0.1) is 11.8 Å². The normalized spacial score (nSPS) is 29.7. The Morgan fingerprint density at radius 2 is 2.00 bits per heavy atom. The second-order valence-electron chi connectivity index (χ2n) is 4.79. The maximum Gasteiger partial charge on any atom is 0.260 e. The van der Waals surface area contributed by atoms with Gasteiger partial charge in [-0.3, -0.25) is 4.68 Å². The Kier molecular flexibility index (Phi) is 2.49. The number of nitrogens with one attached hydrogen (secondary N) is 1. The molecule has 3 rings (SSSR count). The smallest absolute Gasteiger partial charge is 0.260 e. The Balaban J connectivity index is 1.88. The number of hydrogen-bond acceptors (Lipinski definition) is 4. The molecule has 0 spiro atoms. The lowest BCUT2D eigenvalue weighted by atomic mass is 10.0. The first-order chi connectivity index (χ1) is 8.09. The second kappa shape index (κ2) is 3.79. The second-order valence-corrected chi connectivity index (χ2v) is 6.68. The summed E-state index contributed by atoms with van der Waals surface area (Å²) >= 11 is 0. The van der Waals surface area contributed by atoms with Crippen molar-refractivity contribution in [1.29, 1.82) is 0 Å². The molecule has 0 unspecified atom stereocenters. The van der Waals surface area contributed by atoms with Gasteiger partial charge in [0.25, 0.3) is 10.0 Å². The summed E-state index contributed by atoms with van der Waals surface area (Å²) in [6.45, 7) is 3.13. The molecule has 0 saturated carbocycles. The molecule has 2 aliphatic rings. The molecule has 17 heavy (non-hydrogen) atoms. The fraction of sp³-hybridized carbons (Fsp3) is 0.700. The third-order valence-corrected chi connectivity index (χ3v) is 5.64. The lowest BCUT2D eigenvalue weighted by Crippen LogP contribution is -2.33. The third kappa shape index (κ3) is 1.69. The molecule has 2 saturated heterocycles. The molecule has 7 heteroatoms. The van der Waals surface area contributed by atoms with Crippen LogP contribution in [0.25, 0.3) is 0 Å². The van der Waals surface area contributed by atoms with Crippen molar-refractivity contribution in [3.63, 3.8) is 0 Å². The minimum Gasteiger partial charge on any atom is -0.316 e. The molecule has 0 aliphatic carbocycles. The number of fused-ring (bicyclic) bond motifs is 1. The predicted molar refractivity (Wildman–Crippen MR) is 61.8 cm³/mol. The Bertz CT molecular complexity index is 512. The summed E-state index contributed by atoms with van der Waals surface area (Å²) in [5.41, 5.74) is 0. The lowest BCUT2D eigenvalue weighted by Gasteiger charge is -2.17. The zero-order chi connectivity index (χ0) is 12.0. The molecule has 2 aliphatic heterocycles. The first-order valence-corrected chi connectivity index (χ1v) is 7.22. The van der Waals surface area contributed by atoms with Crippen LogP contribution in [-0.4, -0.2) is 48.7 Å². The van der Waals surface area contributed by atoms with Gasteiger partial charge in [0.15, 0.2) is 5.03 Å². The fourth-order valence-electron chi connectivity index (χ4n) is 2.76. The van der Waals surface area contributed by atoms with Gasteiger partial charge in [0.05, 0.1) is 6.20 Å². The minimum absolute atomic E-state index is 0.283. The zero-order valence-corrected chi connectivity index (χ0v) is 10.5. The van der Waals surface area contributed by atoms with E-state index in [1.807, 2.05) is 0 Å². The predicted octanol–water partition coefficient (Wildman–Crippen LogP) is -0.740. The van der Waals surface area contributed by atoms with E-state index < -0.39 is 10.0 Å². The van der Waals surface area contributed by atoms with Crippen molar-refractivity contribution >= 4 is 10.0 Å². The van der Waals surface area contributed by atoms with Gasteiger partial charge in [-0.15, -0.1) is 0 Å². The van der Waals surface area contributed by atoms with Gasteiger partial charge in [0, 0.05) is 20.1 Å². The first kappa shape index (κ1) is 11.2. The van der Waals surface area contributed by atoms with Crippen LogP contribution in [0.2, 0.25) is 0 Å². The molecule has 1 N–H and O–H groups in total. The quantitative estimate of drug-likeness (QED) is 0.757. The van der Waals surface area contributed by atoms with Crippen molar-refractivity contribution < 1.29 is 8.42 Å². The van der Waals surface area contributed by atoms with E-state index in [0.29, 0.717) is 24.9 Å². The van der Waals surface area contributed by atoms with Gasteiger partial charge in [0.2, 0.25) is 0 Å². The summed E-state index contributed by atoms with van der Waals surface area (Å²) in [5, 5.41) is 7.51. The molecular formula is C10H16N4O2S. The van der Waals surface area contributed by atoms with Crippen LogP contribution in [0.3, 0.4) is 0 Å². The zero-order valence-electron chi connectivity index (χ0n) is 9.70. The topological polar surface area (TPSA) is 67.2 Å². The molecule has 0 bridgehead atoms. The van der Waals surface area contributed by atoms with Gasteiger partial charge in [-0.25, -0.2) is 8.42 Å². The number of nitrogens with zero attached hydrogens (tertiary/aromatic N) is 3. The van der Waals surface area contributed by atoms with Crippen LogP contribution in [0.4, 0.5) is 0 Å². The van der Waals surface area contributed by atoms with E-state index in [9.17, 15) is 8.42 Å². The third-order valence-electron chi connectivity index (χ3n) is 3.74. The van der Waals surface area contributed by atoms with Gasteiger partial charge in [-0.1, -0.05) is 0 Å². The average Bonchev–Trinajstić information content (AvgIpc) is 2.89. The fourth-order valence-corrected chi connectivity index (χ4v) is 4.41. The van der Waals surface area contributed by atoms with Crippen LogP contribution in [0.15, 0.2) is 17.3 Å². The highest BCUT2D eigenvalue weighted by atomic mass is 32.2. The van der Waals surface area contributed by atoms with Gasteiger partial charge >= 0.3 is 0 Å². The van der Waals surface area contributed by atoms with Crippen molar-refractivity contribution in [2.24, 2.45) is 18.9 Å². The van der Waals surface area contributed by atoms with E-state index in [1.165, 1.54) is 10.9 Å². The largest absolute Gasteiger partial charge is 0.316 e. The number of rotatable bonds is 2. The van der Waals surface area contributed by atoms with E-state index >= 15 is 0 Å². The lowest BCUT2D eigenvalue weighted by molar-refractivity contribution is 0.440. The Labute approximate surface area is 101 Å². The van der Waals surface area contributed by atoms with Gasteiger partial charge in [-0.2, -0.15) is 9.40 Å². The van der Waals surface area contributed by atoms with Crippen molar-refractivity contribution in [1.82, 2.24) is 19.4 Å². The molecule has 6 nitrogen and oxygen atoms in total. The van der Waals surface area contributed by atoms with E-state index in [1.54, 1.807) is 17.4 Å². The highest BCUT2D eigenvalue weighted by molar-refractivity contribution is 7.89. The summed E-state index contributed by atoms with van der Waals surface area (Å²) < 4.78 is 27.8. The van der Waals surface area contributed by atoms with Gasteiger partial charge in [0.1, 0.15) is 0 Å². The van der Waals surface area contributed by atoms with Crippen molar-refractivity contribution in [3.05, 3.63) is 12.3 Å². The van der Waals surface area contributed by atoms with Crippen LogP contribution in [0.5, 0.6) is 0 Å². The minimum atomic E-state index is -3.36. The van der Waals surface area contributed by atoms with E-state index in [2.05, 4.69) is 10.4 Å². The Morgan fingerprint density at radius 1 is 1.35 bits per heavy atom. The molecule has 0 amide bonds. The van der Waals surface area contributed by atoms with Crippen LogP contribution < -0.4 is 5.32 Å². The van der Waals surface area contributed by atoms with Gasteiger partial charge < -0.3 is 5.32 Å². The number of sulfonamides is 1. The molecule has 0 radical (unpaired) electrons. The summed E-state index contributed by atoms with van der Waals surface area (Å²) in [7, 11) is -1.70. The molecule has 1 aromatic rings. The standard InChI is InChI=1S/C10H16N4O2S/c1-13-10(2-3-12-13)17(15,16)14-6-8-4-11-5-9(8)7-14/h2-3,8-9,11H,4-7H2,1H3/t8-,9+. The first-order valence-electron chi connectivity index (χ1n) is 5.78. The SMILES string of the molecule is Cn1nccc1S(=O)(=O)N1C[C@H]2CNC[C@H]2C1. The van der Waals surface area contributed by atoms with Crippen molar-refractivity contribution in [2.45, 2.75) is 5.03 Å². The number of hydrogen-bond donors (Lipinski definition) is 1. The van der Waals surface area contributed by atoms with Crippen LogP contribution in [-0.2, 0) is 17.1 Å². The molecule has 2 fully saturated rings.